The van der Waals surface area contributed by atoms with Crippen molar-refractivity contribution in [3.63, 3.8) is 0 Å². The lowest BCUT2D eigenvalue weighted by Gasteiger charge is -2.15. The number of ether oxygens (including phenoxy) is 2. The number of rotatable bonds is 28. The first-order chi connectivity index (χ1) is 18.2. The van der Waals surface area contributed by atoms with Gasteiger partial charge in [0.15, 0.2) is 0 Å². The van der Waals surface area contributed by atoms with E-state index >= 15 is 0 Å². The molecule has 0 saturated carbocycles. The van der Waals surface area contributed by atoms with Gasteiger partial charge in [-0.15, -0.1) is 0 Å². The average Bonchev–Trinajstić information content (AvgIpc) is 2.90. The molecule has 0 aromatic carbocycles. The molecule has 0 amide bonds. The summed E-state index contributed by atoms with van der Waals surface area (Å²) in [5.41, 5.74) is 0. The first-order valence-electron chi connectivity index (χ1n) is 15.6. The van der Waals surface area contributed by atoms with E-state index in [-0.39, 0.29) is 19.2 Å². The van der Waals surface area contributed by atoms with Gasteiger partial charge in [-0.1, -0.05) is 115 Å². The molecule has 0 aliphatic heterocycles. The summed E-state index contributed by atoms with van der Waals surface area (Å²) in [6.45, 7) is 5.20. The first kappa shape index (κ1) is 35.6. The minimum absolute atomic E-state index is 0.180. The Hall–Kier alpha value is -1.39. The van der Waals surface area contributed by atoms with Crippen molar-refractivity contribution in [3.05, 3.63) is 36.5 Å². The van der Waals surface area contributed by atoms with Gasteiger partial charge in [0.05, 0.1) is 13.2 Å². The molecule has 0 spiro atoms. The van der Waals surface area contributed by atoms with Crippen molar-refractivity contribution in [1.29, 1.82) is 0 Å². The third kappa shape index (κ3) is 29.0. The summed E-state index contributed by atoms with van der Waals surface area (Å²) in [5.74, 6) is -0.218. The van der Waals surface area contributed by atoms with Gasteiger partial charge in [0.2, 0.25) is 0 Å². The summed E-state index contributed by atoms with van der Waals surface area (Å²) in [6, 6.07) is 0. The number of esters is 1. The van der Waals surface area contributed by atoms with Crippen LogP contribution < -0.4 is 0 Å². The molecule has 0 saturated heterocycles. The van der Waals surface area contributed by atoms with Gasteiger partial charge in [0.1, 0.15) is 6.10 Å². The van der Waals surface area contributed by atoms with Crippen LogP contribution in [0.5, 0.6) is 0 Å². The minimum atomic E-state index is -0.540. The van der Waals surface area contributed by atoms with Crippen LogP contribution in [0.2, 0.25) is 0 Å². The fraction of sp³-hybridized carbons (Fsp3) is 0.788. The smallest absolute Gasteiger partial charge is 0.306 e. The molecule has 216 valence electrons. The largest absolute Gasteiger partial charge is 0.457 e. The molecule has 0 fully saturated rings. The third-order valence-electron chi connectivity index (χ3n) is 6.42. The van der Waals surface area contributed by atoms with Crippen molar-refractivity contribution in [3.8, 4) is 0 Å². The number of hydrogen-bond donors (Lipinski definition) is 1. The molecular weight excluding hydrogens is 460 g/mol. The Morgan fingerprint density at radius 3 is 1.81 bits per heavy atom. The van der Waals surface area contributed by atoms with E-state index in [2.05, 4.69) is 50.3 Å². The average molecular weight is 521 g/mol. The molecule has 4 heteroatoms. The number of hydrogen-bond acceptors (Lipinski definition) is 4. The van der Waals surface area contributed by atoms with Crippen molar-refractivity contribution in [2.24, 2.45) is 0 Å². The molecule has 0 bridgehead atoms. The third-order valence-corrected chi connectivity index (χ3v) is 6.42. The zero-order valence-corrected chi connectivity index (χ0v) is 24.5. The van der Waals surface area contributed by atoms with Gasteiger partial charge >= 0.3 is 5.97 Å². The maximum absolute atomic E-state index is 12.0. The number of aliphatic hydroxyl groups excluding tert-OH is 1. The Balaban J connectivity index is 3.49. The normalized spacial score (nSPS) is 12.8. The Labute approximate surface area is 230 Å². The number of aliphatic hydroxyl groups is 1. The van der Waals surface area contributed by atoms with E-state index in [9.17, 15) is 9.90 Å². The van der Waals surface area contributed by atoms with Gasteiger partial charge in [0.25, 0.3) is 0 Å². The molecule has 37 heavy (non-hydrogen) atoms. The molecule has 1 unspecified atom stereocenters. The lowest BCUT2D eigenvalue weighted by Crippen LogP contribution is -2.27. The molecule has 0 radical (unpaired) electrons. The van der Waals surface area contributed by atoms with Crippen molar-refractivity contribution < 1.29 is 19.4 Å². The lowest BCUT2D eigenvalue weighted by atomic mass is 10.1. The lowest BCUT2D eigenvalue weighted by molar-refractivity contribution is -0.154. The minimum Gasteiger partial charge on any atom is -0.457 e. The van der Waals surface area contributed by atoms with E-state index in [1.54, 1.807) is 0 Å². The molecule has 0 aliphatic rings. The van der Waals surface area contributed by atoms with Crippen LogP contribution in [-0.4, -0.2) is 37.0 Å². The van der Waals surface area contributed by atoms with E-state index in [1.165, 1.54) is 83.5 Å². The van der Waals surface area contributed by atoms with Crippen LogP contribution >= 0.6 is 0 Å². The van der Waals surface area contributed by atoms with Crippen LogP contribution in [0, 0.1) is 0 Å². The van der Waals surface area contributed by atoms with Crippen LogP contribution in [-0.2, 0) is 14.3 Å². The number of allylic oxidation sites excluding steroid dienone is 6. The predicted octanol–water partition coefficient (Wildman–Crippen LogP) is 9.42. The highest BCUT2D eigenvalue weighted by molar-refractivity contribution is 5.69. The van der Waals surface area contributed by atoms with Crippen molar-refractivity contribution in [1.82, 2.24) is 0 Å². The molecular formula is C33H60O4. The zero-order chi connectivity index (χ0) is 27.1. The van der Waals surface area contributed by atoms with Gasteiger partial charge in [-0.2, -0.15) is 0 Å². The fourth-order valence-corrected chi connectivity index (χ4v) is 4.05. The predicted molar refractivity (Wildman–Crippen MR) is 159 cm³/mol. The molecule has 0 rings (SSSR count). The quantitative estimate of drug-likeness (QED) is 0.0634. The van der Waals surface area contributed by atoms with Gasteiger partial charge in [-0.3, -0.25) is 4.79 Å². The van der Waals surface area contributed by atoms with Crippen LogP contribution in [0.15, 0.2) is 36.5 Å². The number of carbonyl (C=O) groups excluding carboxylic acids is 1. The van der Waals surface area contributed by atoms with E-state index in [0.717, 1.165) is 38.5 Å². The van der Waals surface area contributed by atoms with Gasteiger partial charge < -0.3 is 14.6 Å². The van der Waals surface area contributed by atoms with Crippen LogP contribution in [0.4, 0.5) is 0 Å². The maximum Gasteiger partial charge on any atom is 0.306 e. The second-order valence-corrected chi connectivity index (χ2v) is 10.2. The summed E-state index contributed by atoms with van der Waals surface area (Å²) >= 11 is 0. The standard InChI is InChI=1S/C33H60O4/c1-3-5-7-9-11-13-15-16-17-19-21-23-25-27-29-36-31-32(30-34)37-33(35)28-26-24-22-20-18-14-12-10-8-6-4-2/h7,9-10,12-13,15,32,34H,3-6,8,11,14,16-31H2,1-2H3/b9-7-,12-10-,15-13-. The van der Waals surface area contributed by atoms with Gasteiger partial charge in [-0.05, 0) is 57.8 Å². The summed E-state index contributed by atoms with van der Waals surface area (Å²) in [7, 11) is 0. The van der Waals surface area contributed by atoms with Crippen LogP contribution in [0.25, 0.3) is 0 Å². The van der Waals surface area contributed by atoms with E-state index in [1.807, 2.05) is 0 Å². The highest BCUT2D eigenvalue weighted by atomic mass is 16.6. The second kappa shape index (κ2) is 30.8. The van der Waals surface area contributed by atoms with Crippen LogP contribution in [0.1, 0.15) is 142 Å². The Morgan fingerprint density at radius 2 is 1.19 bits per heavy atom. The zero-order valence-electron chi connectivity index (χ0n) is 24.5. The monoisotopic (exact) mass is 520 g/mol. The molecule has 0 aromatic heterocycles. The van der Waals surface area contributed by atoms with E-state index in [4.69, 9.17) is 9.47 Å². The number of carbonyl (C=O) groups is 1. The second-order valence-electron chi connectivity index (χ2n) is 10.2. The Bertz CT molecular complexity index is 553. The topological polar surface area (TPSA) is 55.8 Å². The van der Waals surface area contributed by atoms with Crippen LogP contribution in [0.3, 0.4) is 0 Å². The van der Waals surface area contributed by atoms with Gasteiger partial charge in [-0.25, -0.2) is 0 Å². The summed E-state index contributed by atoms with van der Waals surface area (Å²) in [6.07, 6.45) is 36.0. The molecule has 0 heterocycles. The summed E-state index contributed by atoms with van der Waals surface area (Å²) in [4.78, 5) is 12.0. The summed E-state index contributed by atoms with van der Waals surface area (Å²) in [5, 5.41) is 9.49. The summed E-state index contributed by atoms with van der Waals surface area (Å²) < 4.78 is 11.0. The van der Waals surface area contributed by atoms with Crippen molar-refractivity contribution in [2.45, 2.75) is 148 Å². The highest BCUT2D eigenvalue weighted by Crippen LogP contribution is 2.10. The highest BCUT2D eigenvalue weighted by Gasteiger charge is 2.13. The first-order valence-corrected chi connectivity index (χ1v) is 15.6. The van der Waals surface area contributed by atoms with Crippen molar-refractivity contribution >= 4 is 5.97 Å². The molecule has 0 aromatic rings. The van der Waals surface area contributed by atoms with E-state index in [0.29, 0.717) is 13.0 Å². The Morgan fingerprint density at radius 1 is 0.649 bits per heavy atom. The van der Waals surface area contributed by atoms with E-state index < -0.39 is 6.10 Å². The SMILES string of the molecule is CCC/C=C\C/C=C\CCCCCCCCOCC(CO)OC(=O)CCCCCCC/C=C\CCCC. The molecule has 4 nitrogen and oxygen atoms in total. The van der Waals surface area contributed by atoms with Gasteiger partial charge in [0, 0.05) is 13.0 Å². The maximum atomic E-state index is 12.0. The molecule has 1 atom stereocenters. The fourth-order valence-electron chi connectivity index (χ4n) is 4.05. The number of unbranched alkanes of at least 4 members (excludes halogenated alkanes) is 14. The molecule has 1 N–H and O–H groups in total. The van der Waals surface area contributed by atoms with Crippen molar-refractivity contribution in [2.75, 3.05) is 19.8 Å². The Kier molecular flexibility index (Phi) is 29.7. The molecule has 0 aliphatic carbocycles.